The number of nitrogens with one attached hydrogen (secondary N) is 1. The van der Waals surface area contributed by atoms with E-state index in [0.717, 1.165) is 10.0 Å². The Balaban J connectivity index is 2.11. The molecular formula is C16H16BrNO. The molecule has 0 unspecified atom stereocenters. The summed E-state index contributed by atoms with van der Waals surface area (Å²) in [5, 5.41) is 3.00. The first-order valence-electron chi connectivity index (χ1n) is 6.20. The van der Waals surface area contributed by atoms with Gasteiger partial charge >= 0.3 is 0 Å². The largest absolute Gasteiger partial charge is 0.345 e. The van der Waals surface area contributed by atoms with E-state index in [1.54, 1.807) is 6.07 Å². The molecule has 0 spiro atoms. The summed E-state index contributed by atoms with van der Waals surface area (Å²) in [5.74, 6) is -0.0689. The lowest BCUT2D eigenvalue weighted by Crippen LogP contribution is -2.26. The molecule has 0 saturated heterocycles. The van der Waals surface area contributed by atoms with Crippen LogP contribution in [0.5, 0.6) is 0 Å². The molecule has 2 aromatic rings. The predicted octanol–water partition coefficient (Wildman–Crippen LogP) is 4.25. The molecule has 0 aliphatic heterocycles. The third-order valence-electron chi connectivity index (χ3n) is 3.04. The molecule has 19 heavy (non-hydrogen) atoms. The molecule has 3 heteroatoms. The second kappa shape index (κ2) is 6.02. The summed E-state index contributed by atoms with van der Waals surface area (Å²) < 4.78 is 0.809. The van der Waals surface area contributed by atoms with Crippen molar-refractivity contribution in [2.45, 2.75) is 19.9 Å². The number of carbonyl (C=O) groups is 1. The monoisotopic (exact) mass is 317 g/mol. The number of halogens is 1. The second-order valence-corrected chi connectivity index (χ2v) is 5.44. The van der Waals surface area contributed by atoms with Crippen LogP contribution in [0, 0.1) is 6.92 Å². The second-order valence-electron chi connectivity index (χ2n) is 4.59. The summed E-state index contributed by atoms with van der Waals surface area (Å²) in [6.45, 7) is 4.04. The molecule has 0 aliphatic rings. The maximum absolute atomic E-state index is 12.2. The fourth-order valence-corrected chi connectivity index (χ4v) is 2.32. The van der Waals surface area contributed by atoms with E-state index < -0.39 is 0 Å². The molecule has 2 nitrogen and oxygen atoms in total. The molecule has 0 bridgehead atoms. The van der Waals surface area contributed by atoms with Crippen LogP contribution >= 0.6 is 15.9 Å². The minimum Gasteiger partial charge on any atom is -0.345 e. The Bertz CT molecular complexity index is 578. The van der Waals surface area contributed by atoms with Crippen LogP contribution in [0.4, 0.5) is 0 Å². The number of carbonyl (C=O) groups excluding carboxylic acids is 1. The van der Waals surface area contributed by atoms with Crippen molar-refractivity contribution in [3.63, 3.8) is 0 Å². The molecule has 0 fully saturated rings. The van der Waals surface area contributed by atoms with Crippen LogP contribution in [0.3, 0.4) is 0 Å². The predicted molar refractivity (Wildman–Crippen MR) is 81.2 cm³/mol. The first-order valence-corrected chi connectivity index (χ1v) is 6.99. The Hall–Kier alpha value is -1.61. The van der Waals surface area contributed by atoms with Crippen molar-refractivity contribution in [3.8, 4) is 0 Å². The van der Waals surface area contributed by atoms with Gasteiger partial charge in [-0.25, -0.2) is 0 Å². The van der Waals surface area contributed by atoms with Gasteiger partial charge in [-0.1, -0.05) is 42.0 Å². The molecule has 2 rings (SSSR count). The maximum Gasteiger partial charge on any atom is 0.252 e. The molecule has 0 radical (unpaired) electrons. The lowest BCUT2D eigenvalue weighted by molar-refractivity contribution is 0.0939. The van der Waals surface area contributed by atoms with Crippen molar-refractivity contribution in [1.82, 2.24) is 5.32 Å². The lowest BCUT2D eigenvalue weighted by Gasteiger charge is -2.15. The molecule has 2 aromatic carbocycles. The lowest BCUT2D eigenvalue weighted by atomic mass is 10.1. The Morgan fingerprint density at radius 2 is 1.74 bits per heavy atom. The van der Waals surface area contributed by atoms with Gasteiger partial charge in [-0.15, -0.1) is 0 Å². The van der Waals surface area contributed by atoms with Gasteiger partial charge in [-0.2, -0.15) is 0 Å². The van der Waals surface area contributed by atoms with Gasteiger partial charge in [-0.05, 0) is 47.5 Å². The van der Waals surface area contributed by atoms with Crippen LogP contribution in [-0.2, 0) is 0 Å². The van der Waals surface area contributed by atoms with Gasteiger partial charge in [-0.3, -0.25) is 4.79 Å². The Morgan fingerprint density at radius 3 is 2.37 bits per heavy atom. The van der Waals surface area contributed by atoms with E-state index in [0.29, 0.717) is 5.56 Å². The molecule has 1 amide bonds. The number of aryl methyl sites for hydroxylation is 1. The van der Waals surface area contributed by atoms with Crippen LogP contribution in [0.25, 0.3) is 0 Å². The van der Waals surface area contributed by atoms with Crippen molar-refractivity contribution in [3.05, 3.63) is 69.7 Å². The molecule has 1 atom stereocenters. The SMILES string of the molecule is Cc1ccc([C@H](C)NC(=O)c2ccccc2Br)cc1. The highest BCUT2D eigenvalue weighted by atomic mass is 79.9. The van der Waals surface area contributed by atoms with Crippen molar-refractivity contribution < 1.29 is 4.79 Å². The van der Waals surface area contributed by atoms with Crippen molar-refractivity contribution in [2.24, 2.45) is 0 Å². The van der Waals surface area contributed by atoms with Crippen LogP contribution < -0.4 is 5.32 Å². The molecule has 0 saturated carbocycles. The highest BCUT2D eigenvalue weighted by molar-refractivity contribution is 9.10. The van der Waals surface area contributed by atoms with Crippen molar-refractivity contribution in [1.29, 1.82) is 0 Å². The van der Waals surface area contributed by atoms with E-state index in [4.69, 9.17) is 0 Å². The summed E-state index contributed by atoms with van der Waals surface area (Å²) >= 11 is 3.39. The number of amides is 1. The van der Waals surface area contributed by atoms with Crippen molar-refractivity contribution >= 4 is 21.8 Å². The van der Waals surface area contributed by atoms with Gasteiger partial charge in [0, 0.05) is 4.47 Å². The summed E-state index contributed by atoms with van der Waals surface area (Å²) in [4.78, 5) is 12.2. The fourth-order valence-electron chi connectivity index (χ4n) is 1.86. The molecule has 0 heterocycles. The Morgan fingerprint density at radius 1 is 1.11 bits per heavy atom. The zero-order valence-corrected chi connectivity index (χ0v) is 12.6. The van der Waals surface area contributed by atoms with E-state index in [-0.39, 0.29) is 11.9 Å². The van der Waals surface area contributed by atoms with Crippen LogP contribution in [0.2, 0.25) is 0 Å². The average molecular weight is 318 g/mol. The average Bonchev–Trinajstić information content (AvgIpc) is 2.39. The first kappa shape index (κ1) is 13.8. The molecule has 1 N–H and O–H groups in total. The summed E-state index contributed by atoms with van der Waals surface area (Å²) in [6.07, 6.45) is 0. The quantitative estimate of drug-likeness (QED) is 0.901. The number of rotatable bonds is 3. The van der Waals surface area contributed by atoms with E-state index in [9.17, 15) is 4.79 Å². The zero-order valence-electron chi connectivity index (χ0n) is 11.0. The van der Waals surface area contributed by atoms with Gasteiger partial charge in [0.25, 0.3) is 5.91 Å². The summed E-state index contributed by atoms with van der Waals surface area (Å²) in [6, 6.07) is 15.6. The standard InChI is InChI=1S/C16H16BrNO/c1-11-7-9-13(10-8-11)12(2)18-16(19)14-5-3-4-6-15(14)17/h3-10,12H,1-2H3,(H,18,19)/t12-/m0/s1. The first-order chi connectivity index (χ1) is 9.08. The molecule has 0 aromatic heterocycles. The minimum absolute atomic E-state index is 0.0137. The minimum atomic E-state index is -0.0689. The summed E-state index contributed by atoms with van der Waals surface area (Å²) in [5.41, 5.74) is 2.97. The van der Waals surface area contributed by atoms with Gasteiger partial charge in [0.1, 0.15) is 0 Å². The highest BCUT2D eigenvalue weighted by Crippen LogP contribution is 2.18. The Labute approximate surface area is 122 Å². The van der Waals surface area contributed by atoms with Gasteiger partial charge in [0.2, 0.25) is 0 Å². The topological polar surface area (TPSA) is 29.1 Å². The number of hydrogen-bond acceptors (Lipinski definition) is 1. The molecule has 0 aliphatic carbocycles. The number of benzene rings is 2. The van der Waals surface area contributed by atoms with Crippen LogP contribution in [0.15, 0.2) is 53.0 Å². The van der Waals surface area contributed by atoms with Gasteiger partial charge < -0.3 is 5.32 Å². The van der Waals surface area contributed by atoms with Crippen LogP contribution in [-0.4, -0.2) is 5.91 Å². The third kappa shape index (κ3) is 3.44. The van der Waals surface area contributed by atoms with E-state index in [1.807, 2.05) is 44.2 Å². The molecular weight excluding hydrogens is 302 g/mol. The number of hydrogen-bond donors (Lipinski definition) is 1. The van der Waals surface area contributed by atoms with E-state index >= 15 is 0 Å². The highest BCUT2D eigenvalue weighted by Gasteiger charge is 2.13. The third-order valence-corrected chi connectivity index (χ3v) is 3.73. The zero-order chi connectivity index (χ0) is 13.8. The Kier molecular flexibility index (Phi) is 4.38. The van der Waals surface area contributed by atoms with Gasteiger partial charge in [0.05, 0.1) is 11.6 Å². The maximum atomic E-state index is 12.2. The van der Waals surface area contributed by atoms with Crippen molar-refractivity contribution in [2.75, 3.05) is 0 Å². The fraction of sp³-hybridized carbons (Fsp3) is 0.188. The van der Waals surface area contributed by atoms with Crippen LogP contribution in [0.1, 0.15) is 34.5 Å². The normalized spacial score (nSPS) is 11.9. The summed E-state index contributed by atoms with van der Waals surface area (Å²) in [7, 11) is 0. The smallest absolute Gasteiger partial charge is 0.252 e. The molecule has 98 valence electrons. The van der Waals surface area contributed by atoms with Gasteiger partial charge in [0.15, 0.2) is 0 Å². The van der Waals surface area contributed by atoms with E-state index in [2.05, 4.69) is 33.4 Å². The van der Waals surface area contributed by atoms with E-state index in [1.165, 1.54) is 5.56 Å².